The summed E-state index contributed by atoms with van der Waals surface area (Å²) in [6, 6.07) is 1.81. The third-order valence-corrected chi connectivity index (χ3v) is 4.29. The number of methoxy groups -OCH3 is 1. The van der Waals surface area contributed by atoms with Gasteiger partial charge in [-0.1, -0.05) is 0 Å². The molecule has 1 fully saturated rings. The first kappa shape index (κ1) is 17.4. The number of aliphatic hydroxyl groups excluding tert-OH is 1. The van der Waals surface area contributed by atoms with Gasteiger partial charge in [-0.2, -0.15) is 5.10 Å². The highest BCUT2D eigenvalue weighted by Crippen LogP contribution is 2.17. The molecule has 2 aromatic rings. The van der Waals surface area contributed by atoms with Crippen LogP contribution < -0.4 is 10.1 Å². The molecular formula is C17H23N5O3. The molecule has 0 bridgehead atoms. The number of aryl methyl sites for hydroxylation is 1. The zero-order valence-electron chi connectivity index (χ0n) is 14.5. The van der Waals surface area contributed by atoms with Gasteiger partial charge in [-0.15, -0.1) is 0 Å². The van der Waals surface area contributed by atoms with Gasteiger partial charge < -0.3 is 15.2 Å². The zero-order chi connectivity index (χ0) is 17.8. The number of nitrogens with zero attached hydrogens (tertiary/aromatic N) is 4. The number of amides is 1. The fourth-order valence-corrected chi connectivity index (χ4v) is 3.04. The van der Waals surface area contributed by atoms with Gasteiger partial charge in [0.1, 0.15) is 5.75 Å². The Balaban J connectivity index is 1.67. The molecule has 2 aromatic heterocycles. The van der Waals surface area contributed by atoms with Crippen LogP contribution in [0, 0.1) is 0 Å². The van der Waals surface area contributed by atoms with Crippen LogP contribution in [0.5, 0.6) is 5.75 Å². The molecule has 3 rings (SSSR count). The third kappa shape index (κ3) is 4.15. The number of carbonyl (C=O) groups is 1. The van der Waals surface area contributed by atoms with Gasteiger partial charge in [0.15, 0.2) is 5.69 Å². The Morgan fingerprint density at radius 1 is 1.48 bits per heavy atom. The average Bonchev–Trinajstić information content (AvgIpc) is 3.18. The average molecular weight is 345 g/mol. The van der Waals surface area contributed by atoms with Gasteiger partial charge in [0.05, 0.1) is 19.4 Å². The number of nitrogens with one attached hydrogen (secondary N) is 1. The van der Waals surface area contributed by atoms with Gasteiger partial charge in [-0.05, 0) is 12.5 Å². The van der Waals surface area contributed by atoms with E-state index in [9.17, 15) is 9.90 Å². The quantitative estimate of drug-likeness (QED) is 0.783. The van der Waals surface area contributed by atoms with Crippen molar-refractivity contribution in [3.8, 4) is 5.75 Å². The van der Waals surface area contributed by atoms with Crippen molar-refractivity contribution in [1.29, 1.82) is 0 Å². The molecule has 134 valence electrons. The molecule has 1 amide bonds. The predicted molar refractivity (Wildman–Crippen MR) is 91.1 cm³/mol. The summed E-state index contributed by atoms with van der Waals surface area (Å²) in [4.78, 5) is 18.7. The van der Waals surface area contributed by atoms with E-state index in [1.807, 2.05) is 12.3 Å². The number of hydrogen-bond donors (Lipinski definition) is 2. The Labute approximate surface area is 146 Å². The maximum Gasteiger partial charge on any atom is 0.272 e. The van der Waals surface area contributed by atoms with Crippen LogP contribution in [0.25, 0.3) is 0 Å². The van der Waals surface area contributed by atoms with Crippen molar-refractivity contribution < 1.29 is 14.6 Å². The number of β-amino-alcohol motifs (C(OH)–C–C–N with tert-alkyl or cyclic N) is 1. The summed E-state index contributed by atoms with van der Waals surface area (Å²) in [5, 5.41) is 16.8. The lowest BCUT2D eigenvalue weighted by molar-refractivity contribution is 0.0943. The van der Waals surface area contributed by atoms with E-state index in [0.717, 1.165) is 24.1 Å². The van der Waals surface area contributed by atoms with Crippen LogP contribution in [-0.4, -0.2) is 57.0 Å². The fraction of sp³-hybridized carbons (Fsp3) is 0.471. The second kappa shape index (κ2) is 7.62. The predicted octanol–water partition coefficient (Wildman–Crippen LogP) is 0.320. The minimum absolute atomic E-state index is 0.228. The summed E-state index contributed by atoms with van der Waals surface area (Å²) in [7, 11) is 3.37. The highest BCUT2D eigenvalue weighted by molar-refractivity contribution is 5.93. The smallest absolute Gasteiger partial charge is 0.272 e. The van der Waals surface area contributed by atoms with Crippen molar-refractivity contribution in [2.75, 3.05) is 20.2 Å². The minimum Gasteiger partial charge on any atom is -0.495 e. The van der Waals surface area contributed by atoms with E-state index in [4.69, 9.17) is 4.74 Å². The molecule has 0 aromatic carbocycles. The summed E-state index contributed by atoms with van der Waals surface area (Å²) in [5.74, 6) is 0.407. The Hall–Kier alpha value is -2.45. The van der Waals surface area contributed by atoms with Crippen molar-refractivity contribution in [3.05, 3.63) is 41.5 Å². The summed E-state index contributed by atoms with van der Waals surface area (Å²) in [6.07, 6.45) is 5.62. The molecule has 0 spiro atoms. The highest BCUT2D eigenvalue weighted by atomic mass is 16.5. The summed E-state index contributed by atoms with van der Waals surface area (Å²) in [6.45, 7) is 2.39. The van der Waals surface area contributed by atoms with Crippen molar-refractivity contribution in [3.63, 3.8) is 0 Å². The lowest BCUT2D eigenvalue weighted by Crippen LogP contribution is -2.27. The standard InChI is InChI=1S/C17H23N5O3/c1-21-9-13(10-22-6-4-14(23)11-22)16(20-21)17(24)19-7-12-3-5-18-8-15(12)25-2/h3,5,8-9,14,23H,4,6-7,10-11H2,1-2H3,(H,19,24). The second-order valence-corrected chi connectivity index (χ2v) is 6.22. The molecule has 0 saturated carbocycles. The molecule has 3 heterocycles. The molecule has 0 radical (unpaired) electrons. The van der Waals surface area contributed by atoms with Gasteiger partial charge in [0, 0.05) is 56.7 Å². The van der Waals surface area contributed by atoms with Crippen LogP contribution >= 0.6 is 0 Å². The molecule has 25 heavy (non-hydrogen) atoms. The number of carbonyl (C=O) groups excluding carboxylic acids is 1. The van der Waals surface area contributed by atoms with E-state index in [2.05, 4.69) is 20.3 Å². The lowest BCUT2D eigenvalue weighted by atomic mass is 10.2. The maximum atomic E-state index is 12.6. The first-order chi connectivity index (χ1) is 12.1. The number of ether oxygens (including phenoxy) is 1. The van der Waals surface area contributed by atoms with Crippen LogP contribution in [0.3, 0.4) is 0 Å². The van der Waals surface area contributed by atoms with Crippen LogP contribution in [0.2, 0.25) is 0 Å². The number of likely N-dealkylation sites (tertiary alicyclic amines) is 1. The first-order valence-electron chi connectivity index (χ1n) is 8.25. The summed E-state index contributed by atoms with van der Waals surface area (Å²) in [5.41, 5.74) is 2.12. The van der Waals surface area contributed by atoms with Gasteiger partial charge in [0.2, 0.25) is 0 Å². The zero-order valence-corrected chi connectivity index (χ0v) is 14.5. The Bertz CT molecular complexity index is 746. The lowest BCUT2D eigenvalue weighted by Gasteiger charge is -2.14. The van der Waals surface area contributed by atoms with Crippen LogP contribution in [0.15, 0.2) is 24.7 Å². The van der Waals surface area contributed by atoms with E-state index in [0.29, 0.717) is 31.1 Å². The van der Waals surface area contributed by atoms with Crippen LogP contribution in [-0.2, 0) is 20.1 Å². The molecule has 0 aliphatic carbocycles. The van der Waals surface area contributed by atoms with Crippen molar-refractivity contribution >= 4 is 5.91 Å². The highest BCUT2D eigenvalue weighted by Gasteiger charge is 2.23. The molecule has 1 aliphatic rings. The largest absolute Gasteiger partial charge is 0.495 e. The molecule has 2 N–H and O–H groups in total. The van der Waals surface area contributed by atoms with Crippen molar-refractivity contribution in [1.82, 2.24) is 25.0 Å². The fourth-order valence-electron chi connectivity index (χ4n) is 3.04. The summed E-state index contributed by atoms with van der Waals surface area (Å²) < 4.78 is 6.89. The molecule has 8 nitrogen and oxygen atoms in total. The number of aliphatic hydroxyl groups is 1. The SMILES string of the molecule is COc1cnccc1CNC(=O)c1nn(C)cc1CN1CCC(O)C1. The van der Waals surface area contributed by atoms with E-state index >= 15 is 0 Å². The minimum atomic E-state index is -0.284. The van der Waals surface area contributed by atoms with Gasteiger partial charge >= 0.3 is 0 Å². The Kier molecular flexibility index (Phi) is 5.30. The van der Waals surface area contributed by atoms with E-state index in [1.165, 1.54) is 0 Å². The topological polar surface area (TPSA) is 92.5 Å². The second-order valence-electron chi connectivity index (χ2n) is 6.22. The van der Waals surface area contributed by atoms with Crippen molar-refractivity contribution in [2.24, 2.45) is 7.05 Å². The summed E-state index contributed by atoms with van der Waals surface area (Å²) >= 11 is 0. The molecule has 1 atom stereocenters. The Morgan fingerprint density at radius 3 is 3.04 bits per heavy atom. The number of pyridine rings is 1. The monoisotopic (exact) mass is 345 g/mol. The van der Waals surface area contributed by atoms with Gasteiger partial charge in [-0.3, -0.25) is 19.4 Å². The van der Waals surface area contributed by atoms with Crippen LogP contribution in [0.4, 0.5) is 0 Å². The van der Waals surface area contributed by atoms with Crippen molar-refractivity contribution in [2.45, 2.75) is 25.6 Å². The molecule has 1 saturated heterocycles. The number of rotatable bonds is 6. The Morgan fingerprint density at radius 2 is 2.32 bits per heavy atom. The van der Waals surface area contributed by atoms with Gasteiger partial charge in [-0.25, -0.2) is 0 Å². The number of hydrogen-bond acceptors (Lipinski definition) is 6. The first-order valence-corrected chi connectivity index (χ1v) is 8.25. The number of aromatic nitrogens is 3. The van der Waals surface area contributed by atoms with E-state index in [1.54, 1.807) is 31.2 Å². The van der Waals surface area contributed by atoms with Gasteiger partial charge in [0.25, 0.3) is 5.91 Å². The normalized spacial score (nSPS) is 17.6. The molecular weight excluding hydrogens is 322 g/mol. The molecule has 8 heteroatoms. The maximum absolute atomic E-state index is 12.6. The molecule has 1 unspecified atom stereocenters. The van der Waals surface area contributed by atoms with E-state index in [-0.39, 0.29) is 12.0 Å². The van der Waals surface area contributed by atoms with E-state index < -0.39 is 0 Å². The molecule has 1 aliphatic heterocycles. The van der Waals surface area contributed by atoms with Crippen LogP contribution in [0.1, 0.15) is 28.0 Å². The third-order valence-electron chi connectivity index (χ3n) is 4.29.